The second-order valence-corrected chi connectivity index (χ2v) is 7.44. The van der Waals surface area contributed by atoms with Gasteiger partial charge in [-0.05, 0) is 36.8 Å². The van der Waals surface area contributed by atoms with E-state index in [-0.39, 0.29) is 11.7 Å². The van der Waals surface area contributed by atoms with Gasteiger partial charge in [-0.2, -0.15) is 5.26 Å². The van der Waals surface area contributed by atoms with Crippen molar-refractivity contribution in [3.8, 4) is 17.3 Å². The number of allylic oxidation sites excluding steroid dienone is 1. The van der Waals surface area contributed by atoms with Crippen molar-refractivity contribution < 1.29 is 9.18 Å². The van der Waals surface area contributed by atoms with Crippen LogP contribution in [0.25, 0.3) is 16.8 Å². The number of urea groups is 1. The zero-order valence-electron chi connectivity index (χ0n) is 15.4. The molecule has 0 aliphatic carbocycles. The standard InChI is InChI=1S/C21H16FN5OS/c1-11-18(19(27-21(28)25-11)14-6-7-16(24)15(22)8-14)20-26-17(10-29-20)13-4-2-12(9-23)3-5-13/h2-8,10,19H,24H2,1H3,(H2,25,27,28). The summed E-state index contributed by atoms with van der Waals surface area (Å²) in [7, 11) is 0. The molecule has 4 N–H and O–H groups in total. The first-order valence-corrected chi connectivity index (χ1v) is 9.64. The quantitative estimate of drug-likeness (QED) is 0.569. The van der Waals surface area contributed by atoms with E-state index in [4.69, 9.17) is 16.0 Å². The summed E-state index contributed by atoms with van der Waals surface area (Å²) in [5, 5.41) is 17.2. The lowest BCUT2D eigenvalue weighted by atomic mass is 9.95. The SMILES string of the molecule is CC1=C(c2nc(-c3ccc(C#N)cc3)cs2)C(c2ccc(N)c(F)c2)NC(=O)N1. The molecule has 1 atom stereocenters. The molecule has 0 bridgehead atoms. The van der Waals surface area contributed by atoms with E-state index in [1.54, 1.807) is 25.1 Å². The molecular formula is C21H16FN5OS. The van der Waals surface area contributed by atoms with Crippen LogP contribution in [0.4, 0.5) is 14.9 Å². The summed E-state index contributed by atoms with van der Waals surface area (Å²) in [5.41, 5.74) is 9.85. The number of rotatable bonds is 3. The summed E-state index contributed by atoms with van der Waals surface area (Å²) in [5.74, 6) is -0.537. The average Bonchev–Trinajstić information content (AvgIpc) is 3.19. The highest BCUT2D eigenvalue weighted by Gasteiger charge is 2.30. The van der Waals surface area contributed by atoms with E-state index in [0.717, 1.165) is 16.8 Å². The molecule has 1 unspecified atom stereocenters. The Labute approximate surface area is 170 Å². The van der Waals surface area contributed by atoms with Crippen LogP contribution in [-0.2, 0) is 0 Å². The van der Waals surface area contributed by atoms with Crippen molar-refractivity contribution in [2.45, 2.75) is 13.0 Å². The van der Waals surface area contributed by atoms with Crippen molar-refractivity contribution in [2.24, 2.45) is 0 Å². The number of hydrogen-bond donors (Lipinski definition) is 3. The molecule has 1 aliphatic heterocycles. The molecule has 0 saturated heterocycles. The van der Waals surface area contributed by atoms with E-state index >= 15 is 0 Å². The summed E-state index contributed by atoms with van der Waals surface area (Å²) < 4.78 is 14.0. The van der Waals surface area contributed by atoms with Crippen LogP contribution < -0.4 is 16.4 Å². The summed E-state index contributed by atoms with van der Waals surface area (Å²) in [6.45, 7) is 1.79. The first-order valence-electron chi connectivity index (χ1n) is 8.76. The number of aromatic nitrogens is 1. The van der Waals surface area contributed by atoms with Crippen LogP contribution in [0.5, 0.6) is 0 Å². The van der Waals surface area contributed by atoms with Gasteiger partial charge < -0.3 is 16.4 Å². The lowest BCUT2D eigenvalue weighted by Crippen LogP contribution is -2.42. The normalized spacial score (nSPS) is 16.2. The van der Waals surface area contributed by atoms with E-state index in [9.17, 15) is 9.18 Å². The first kappa shape index (κ1) is 18.7. The summed E-state index contributed by atoms with van der Waals surface area (Å²) in [6, 6.07) is 12.8. The summed E-state index contributed by atoms with van der Waals surface area (Å²) >= 11 is 1.43. The number of nitriles is 1. The molecule has 0 radical (unpaired) electrons. The number of benzene rings is 2. The largest absolute Gasteiger partial charge is 0.396 e. The van der Waals surface area contributed by atoms with Gasteiger partial charge in [0.05, 0.1) is 29.1 Å². The molecule has 1 aromatic heterocycles. The molecule has 4 rings (SSSR count). The number of carbonyl (C=O) groups excluding carboxylic acids is 1. The van der Waals surface area contributed by atoms with Gasteiger partial charge in [0.1, 0.15) is 10.8 Å². The minimum atomic E-state index is -0.557. The lowest BCUT2D eigenvalue weighted by Gasteiger charge is -2.28. The fourth-order valence-electron chi connectivity index (χ4n) is 3.20. The van der Waals surface area contributed by atoms with Crippen LogP contribution in [0.1, 0.15) is 29.1 Å². The van der Waals surface area contributed by atoms with E-state index in [2.05, 4.69) is 16.7 Å². The third-order valence-corrected chi connectivity index (χ3v) is 5.55. The second kappa shape index (κ2) is 7.37. The van der Waals surface area contributed by atoms with Crippen molar-refractivity contribution in [3.63, 3.8) is 0 Å². The van der Waals surface area contributed by atoms with Crippen molar-refractivity contribution in [2.75, 3.05) is 5.73 Å². The van der Waals surface area contributed by atoms with Crippen LogP contribution in [0.2, 0.25) is 0 Å². The van der Waals surface area contributed by atoms with Crippen LogP contribution in [0.15, 0.2) is 53.5 Å². The van der Waals surface area contributed by atoms with Gasteiger partial charge in [-0.3, -0.25) is 0 Å². The van der Waals surface area contributed by atoms with Gasteiger partial charge in [0, 0.05) is 22.2 Å². The zero-order valence-corrected chi connectivity index (χ0v) is 16.2. The Kier molecular flexibility index (Phi) is 4.74. The van der Waals surface area contributed by atoms with Crippen LogP contribution in [0, 0.1) is 17.1 Å². The van der Waals surface area contributed by atoms with Crippen molar-refractivity contribution in [3.05, 3.63) is 75.5 Å². The number of halogens is 1. The molecule has 2 amide bonds. The number of carbonyl (C=O) groups is 1. The molecule has 2 heterocycles. The molecule has 8 heteroatoms. The van der Waals surface area contributed by atoms with Gasteiger partial charge in [-0.15, -0.1) is 11.3 Å². The summed E-state index contributed by atoms with van der Waals surface area (Å²) in [6.07, 6.45) is 0. The number of amides is 2. The highest BCUT2D eigenvalue weighted by molar-refractivity contribution is 7.11. The van der Waals surface area contributed by atoms with Crippen LogP contribution in [0.3, 0.4) is 0 Å². The maximum absolute atomic E-state index is 14.0. The number of thiazole rings is 1. The minimum absolute atomic E-state index is 0.0496. The third-order valence-electron chi connectivity index (χ3n) is 4.67. The zero-order chi connectivity index (χ0) is 20.5. The molecule has 0 saturated carbocycles. The second-order valence-electron chi connectivity index (χ2n) is 6.58. The Balaban J connectivity index is 1.75. The number of hydrogen-bond acceptors (Lipinski definition) is 5. The topological polar surface area (TPSA) is 104 Å². The third kappa shape index (κ3) is 3.56. The van der Waals surface area contributed by atoms with Gasteiger partial charge in [0.2, 0.25) is 0 Å². The summed E-state index contributed by atoms with van der Waals surface area (Å²) in [4.78, 5) is 16.8. The van der Waals surface area contributed by atoms with Crippen LogP contribution >= 0.6 is 11.3 Å². The van der Waals surface area contributed by atoms with Gasteiger partial charge >= 0.3 is 6.03 Å². The average molecular weight is 405 g/mol. The predicted octanol–water partition coefficient (Wildman–Crippen LogP) is 4.19. The van der Waals surface area contributed by atoms with E-state index in [1.165, 1.54) is 23.5 Å². The van der Waals surface area contributed by atoms with Crippen molar-refractivity contribution >= 4 is 28.6 Å². The molecular weight excluding hydrogens is 389 g/mol. The Bertz CT molecular complexity index is 1180. The lowest BCUT2D eigenvalue weighted by molar-refractivity contribution is 0.240. The molecule has 3 aromatic rings. The Morgan fingerprint density at radius 3 is 2.69 bits per heavy atom. The fraction of sp³-hybridized carbons (Fsp3) is 0.0952. The number of anilines is 1. The van der Waals surface area contributed by atoms with E-state index in [1.807, 2.05) is 17.5 Å². The molecule has 1 aliphatic rings. The molecule has 2 aromatic carbocycles. The minimum Gasteiger partial charge on any atom is -0.396 e. The smallest absolute Gasteiger partial charge is 0.319 e. The molecule has 6 nitrogen and oxygen atoms in total. The molecule has 0 fully saturated rings. The maximum atomic E-state index is 14.0. The Morgan fingerprint density at radius 1 is 1.24 bits per heavy atom. The number of nitrogens with one attached hydrogen (secondary N) is 2. The Hall–Kier alpha value is -3.70. The number of nitrogen functional groups attached to an aromatic ring is 1. The molecule has 0 spiro atoms. The van der Waals surface area contributed by atoms with Crippen molar-refractivity contribution in [1.82, 2.24) is 15.6 Å². The van der Waals surface area contributed by atoms with Gasteiger partial charge in [0.15, 0.2) is 0 Å². The van der Waals surface area contributed by atoms with Crippen LogP contribution in [-0.4, -0.2) is 11.0 Å². The maximum Gasteiger partial charge on any atom is 0.319 e. The van der Waals surface area contributed by atoms with Gasteiger partial charge in [0.25, 0.3) is 0 Å². The van der Waals surface area contributed by atoms with Crippen molar-refractivity contribution in [1.29, 1.82) is 5.26 Å². The first-order chi connectivity index (χ1) is 14.0. The number of nitrogens with zero attached hydrogens (tertiary/aromatic N) is 2. The Morgan fingerprint density at radius 2 is 2.00 bits per heavy atom. The van der Waals surface area contributed by atoms with E-state index in [0.29, 0.717) is 21.8 Å². The highest BCUT2D eigenvalue weighted by atomic mass is 32.1. The molecule has 144 valence electrons. The number of nitrogens with two attached hydrogens (primary N) is 1. The highest BCUT2D eigenvalue weighted by Crippen LogP contribution is 2.37. The fourth-order valence-corrected chi connectivity index (χ4v) is 4.16. The molecule has 29 heavy (non-hydrogen) atoms. The monoisotopic (exact) mass is 405 g/mol. The van der Waals surface area contributed by atoms with Gasteiger partial charge in [-0.25, -0.2) is 14.2 Å². The predicted molar refractivity (Wildman–Crippen MR) is 110 cm³/mol. The van der Waals surface area contributed by atoms with Gasteiger partial charge in [-0.1, -0.05) is 18.2 Å². The van der Waals surface area contributed by atoms with E-state index < -0.39 is 11.9 Å².